The molecule has 0 aliphatic carbocycles. The van der Waals surface area contributed by atoms with E-state index in [9.17, 15) is 9.18 Å². The largest absolute Gasteiger partial charge is 0.480 e. The fourth-order valence-corrected chi connectivity index (χ4v) is 1.48. The summed E-state index contributed by atoms with van der Waals surface area (Å²) in [5.41, 5.74) is 5.69. The van der Waals surface area contributed by atoms with Gasteiger partial charge in [0, 0.05) is 4.47 Å². The molecule has 3 N–H and O–H groups in total. The first-order valence-corrected chi connectivity index (χ1v) is 4.25. The summed E-state index contributed by atoms with van der Waals surface area (Å²) in [6.45, 7) is 0. The van der Waals surface area contributed by atoms with Crippen molar-refractivity contribution in [2.45, 2.75) is 6.04 Å². The number of halogens is 2. The first kappa shape index (κ1) is 10.1. The second-order valence-corrected chi connectivity index (χ2v) is 3.34. The second-order valence-electron chi connectivity index (χ2n) is 2.48. The molecule has 5 heteroatoms. The average Bonchev–Trinajstić information content (AvgIpc) is 2.03. The van der Waals surface area contributed by atoms with E-state index in [1.165, 1.54) is 18.2 Å². The molecule has 0 fully saturated rings. The Kier molecular flexibility index (Phi) is 3.00. The topological polar surface area (TPSA) is 63.3 Å². The van der Waals surface area contributed by atoms with Crippen LogP contribution in [0.4, 0.5) is 4.39 Å². The smallest absolute Gasteiger partial charge is 0.325 e. The summed E-state index contributed by atoms with van der Waals surface area (Å²) in [5.74, 6) is -1.58. The molecular weight excluding hydrogens is 241 g/mol. The molecule has 1 aromatic carbocycles. The Labute approximate surface area is 82.5 Å². The fourth-order valence-electron chi connectivity index (χ4n) is 0.887. The van der Waals surface area contributed by atoms with Gasteiger partial charge in [0.2, 0.25) is 0 Å². The predicted octanol–water partition coefficient (Wildman–Crippen LogP) is 1.67. The third kappa shape index (κ3) is 2.26. The van der Waals surface area contributed by atoms with Crippen LogP contribution in [0.3, 0.4) is 0 Å². The molecule has 1 rings (SSSR count). The minimum atomic E-state index is -1.15. The highest BCUT2D eigenvalue weighted by Gasteiger charge is 2.16. The van der Waals surface area contributed by atoms with Crippen LogP contribution in [0, 0.1) is 5.82 Å². The van der Waals surface area contributed by atoms with Crippen LogP contribution in [0.1, 0.15) is 11.6 Å². The van der Waals surface area contributed by atoms with Crippen molar-refractivity contribution in [2.24, 2.45) is 5.73 Å². The van der Waals surface area contributed by atoms with Crippen LogP contribution in [0.25, 0.3) is 0 Å². The van der Waals surface area contributed by atoms with Gasteiger partial charge in [0.05, 0.1) is 0 Å². The lowest BCUT2D eigenvalue weighted by atomic mass is 10.1. The first-order valence-electron chi connectivity index (χ1n) is 3.45. The minimum Gasteiger partial charge on any atom is -0.480 e. The third-order valence-corrected chi connectivity index (χ3v) is 2.25. The molecular formula is C8H7BrFNO2. The van der Waals surface area contributed by atoms with Crippen molar-refractivity contribution in [3.8, 4) is 0 Å². The standard InChI is InChI=1S/C8H7BrFNO2/c9-6-3-4(10)1-2-5(6)7(11)8(12)13/h1-3,7H,11H2,(H,12,13). The van der Waals surface area contributed by atoms with Crippen LogP contribution in [-0.2, 0) is 4.79 Å². The molecule has 1 unspecified atom stereocenters. The summed E-state index contributed by atoms with van der Waals surface area (Å²) < 4.78 is 13.0. The highest BCUT2D eigenvalue weighted by molar-refractivity contribution is 9.10. The molecule has 0 aliphatic heterocycles. The molecule has 0 saturated carbocycles. The highest BCUT2D eigenvalue weighted by atomic mass is 79.9. The van der Waals surface area contributed by atoms with Crippen LogP contribution < -0.4 is 5.73 Å². The van der Waals surface area contributed by atoms with E-state index in [-0.39, 0.29) is 0 Å². The van der Waals surface area contributed by atoms with Crippen molar-refractivity contribution in [3.63, 3.8) is 0 Å². The first-order chi connectivity index (χ1) is 6.02. The maximum atomic E-state index is 12.6. The van der Waals surface area contributed by atoms with Gasteiger partial charge in [-0.2, -0.15) is 0 Å². The monoisotopic (exact) mass is 247 g/mol. The Hall–Kier alpha value is -0.940. The van der Waals surface area contributed by atoms with Crippen molar-refractivity contribution >= 4 is 21.9 Å². The van der Waals surface area contributed by atoms with Crippen LogP contribution in [0.15, 0.2) is 22.7 Å². The van der Waals surface area contributed by atoms with Crippen LogP contribution >= 0.6 is 15.9 Å². The summed E-state index contributed by atoms with van der Waals surface area (Å²) in [4.78, 5) is 10.5. The number of carbonyl (C=O) groups is 1. The van der Waals surface area contributed by atoms with E-state index in [1.807, 2.05) is 0 Å². The summed E-state index contributed by atoms with van der Waals surface area (Å²) in [7, 11) is 0. The quantitative estimate of drug-likeness (QED) is 0.836. The van der Waals surface area contributed by atoms with Gasteiger partial charge < -0.3 is 10.8 Å². The van der Waals surface area contributed by atoms with Gasteiger partial charge in [-0.1, -0.05) is 22.0 Å². The molecule has 0 aliphatic rings. The highest BCUT2D eigenvalue weighted by Crippen LogP contribution is 2.22. The van der Waals surface area contributed by atoms with Gasteiger partial charge in [0.25, 0.3) is 0 Å². The van der Waals surface area contributed by atoms with Crippen molar-refractivity contribution in [1.82, 2.24) is 0 Å². The normalized spacial score (nSPS) is 12.5. The molecule has 1 aromatic rings. The molecule has 0 spiro atoms. The average molecular weight is 248 g/mol. The number of carboxylic acid groups (broad SMARTS) is 1. The van der Waals surface area contributed by atoms with Gasteiger partial charge in [-0.3, -0.25) is 4.79 Å². The second kappa shape index (κ2) is 3.85. The summed E-state index contributed by atoms with van der Waals surface area (Å²) in [5, 5.41) is 8.59. The Bertz CT molecular complexity index is 343. The molecule has 0 bridgehead atoms. The lowest BCUT2D eigenvalue weighted by Gasteiger charge is -2.08. The molecule has 1 atom stereocenters. The third-order valence-electron chi connectivity index (χ3n) is 1.56. The van der Waals surface area contributed by atoms with E-state index in [0.29, 0.717) is 10.0 Å². The lowest BCUT2D eigenvalue weighted by molar-refractivity contribution is -0.138. The minimum absolute atomic E-state index is 0.355. The van der Waals surface area contributed by atoms with Gasteiger partial charge >= 0.3 is 5.97 Å². The Morgan fingerprint density at radius 3 is 2.69 bits per heavy atom. The van der Waals surface area contributed by atoms with Crippen LogP contribution in [-0.4, -0.2) is 11.1 Å². The molecule has 0 heterocycles. The number of benzene rings is 1. The van der Waals surface area contributed by atoms with Gasteiger partial charge in [0.1, 0.15) is 11.9 Å². The number of hydrogen-bond acceptors (Lipinski definition) is 2. The Balaban J connectivity index is 3.08. The van der Waals surface area contributed by atoms with Crippen molar-refractivity contribution < 1.29 is 14.3 Å². The lowest BCUT2D eigenvalue weighted by Crippen LogP contribution is -2.21. The van der Waals surface area contributed by atoms with Crippen LogP contribution in [0.5, 0.6) is 0 Å². The maximum Gasteiger partial charge on any atom is 0.325 e. The summed E-state index contributed by atoms with van der Waals surface area (Å²) in [6, 6.07) is 2.56. The molecule has 0 radical (unpaired) electrons. The number of nitrogens with two attached hydrogens (primary N) is 1. The summed E-state index contributed by atoms with van der Waals surface area (Å²) >= 11 is 3.03. The molecule has 3 nitrogen and oxygen atoms in total. The van der Waals surface area contributed by atoms with Crippen molar-refractivity contribution in [3.05, 3.63) is 34.1 Å². The van der Waals surface area contributed by atoms with E-state index in [2.05, 4.69) is 15.9 Å². The van der Waals surface area contributed by atoms with E-state index < -0.39 is 17.8 Å². The molecule has 70 valence electrons. The van der Waals surface area contributed by atoms with Gasteiger partial charge in [0.15, 0.2) is 0 Å². The van der Waals surface area contributed by atoms with Crippen molar-refractivity contribution in [2.75, 3.05) is 0 Å². The predicted molar refractivity (Wildman–Crippen MR) is 48.7 cm³/mol. The van der Waals surface area contributed by atoms with Gasteiger partial charge in [-0.05, 0) is 17.7 Å². The van der Waals surface area contributed by atoms with E-state index in [0.717, 1.165) is 0 Å². The number of aliphatic carboxylic acids is 1. The van der Waals surface area contributed by atoms with E-state index in [4.69, 9.17) is 10.8 Å². The Morgan fingerprint density at radius 2 is 2.23 bits per heavy atom. The van der Waals surface area contributed by atoms with Crippen LogP contribution in [0.2, 0.25) is 0 Å². The zero-order valence-electron chi connectivity index (χ0n) is 6.50. The SMILES string of the molecule is NC(C(=O)O)c1ccc(F)cc1Br. The van der Waals surface area contributed by atoms with E-state index >= 15 is 0 Å². The van der Waals surface area contributed by atoms with Crippen molar-refractivity contribution in [1.29, 1.82) is 0 Å². The molecule has 0 amide bonds. The molecule has 0 aromatic heterocycles. The summed E-state index contributed by atoms with van der Waals surface area (Å²) in [6.07, 6.45) is 0. The number of hydrogen-bond donors (Lipinski definition) is 2. The number of carboxylic acids is 1. The zero-order chi connectivity index (χ0) is 10.0. The van der Waals surface area contributed by atoms with Gasteiger partial charge in [-0.15, -0.1) is 0 Å². The molecule has 0 saturated heterocycles. The fraction of sp³-hybridized carbons (Fsp3) is 0.125. The maximum absolute atomic E-state index is 12.6. The Morgan fingerprint density at radius 1 is 1.62 bits per heavy atom. The number of rotatable bonds is 2. The zero-order valence-corrected chi connectivity index (χ0v) is 8.08. The van der Waals surface area contributed by atoms with Gasteiger partial charge in [-0.25, -0.2) is 4.39 Å². The van der Waals surface area contributed by atoms with E-state index in [1.54, 1.807) is 0 Å². The molecule has 13 heavy (non-hydrogen) atoms.